The van der Waals surface area contributed by atoms with Gasteiger partial charge < -0.3 is 14.5 Å². The number of hydrogen-bond donors (Lipinski definition) is 1. The Kier molecular flexibility index (Phi) is 5.33. The van der Waals surface area contributed by atoms with Crippen LogP contribution in [0, 0.1) is 5.92 Å². The fourth-order valence-electron chi connectivity index (χ4n) is 2.81. The van der Waals surface area contributed by atoms with Crippen molar-refractivity contribution in [2.45, 2.75) is 25.7 Å². The first kappa shape index (κ1) is 17.4. The van der Waals surface area contributed by atoms with E-state index in [9.17, 15) is 9.59 Å². The summed E-state index contributed by atoms with van der Waals surface area (Å²) in [6, 6.07) is 7.14. The first-order valence-corrected chi connectivity index (χ1v) is 8.50. The van der Waals surface area contributed by atoms with E-state index < -0.39 is 11.9 Å². The number of carboxylic acid groups (broad SMARTS) is 1. The molecule has 1 saturated heterocycles. The van der Waals surface area contributed by atoms with Crippen molar-refractivity contribution in [3.05, 3.63) is 35.2 Å². The molecule has 1 aromatic heterocycles. The Bertz CT molecular complexity index is 760. The zero-order valence-corrected chi connectivity index (χ0v) is 14.3. The topological polar surface area (TPSA) is 96.5 Å². The molecule has 1 fully saturated rings. The number of halogens is 1. The van der Waals surface area contributed by atoms with Crippen molar-refractivity contribution in [1.29, 1.82) is 0 Å². The third-order valence-electron chi connectivity index (χ3n) is 4.24. The van der Waals surface area contributed by atoms with Crippen LogP contribution >= 0.6 is 11.6 Å². The number of carboxylic acids is 1. The zero-order chi connectivity index (χ0) is 17.8. The maximum absolute atomic E-state index is 12.1. The van der Waals surface area contributed by atoms with Crippen LogP contribution in [0.3, 0.4) is 0 Å². The van der Waals surface area contributed by atoms with Crippen LogP contribution in [0.2, 0.25) is 5.02 Å². The Morgan fingerprint density at radius 1 is 1.32 bits per heavy atom. The largest absolute Gasteiger partial charge is 0.481 e. The second kappa shape index (κ2) is 7.65. The van der Waals surface area contributed by atoms with Crippen LogP contribution in [-0.2, 0) is 16.0 Å². The molecule has 0 radical (unpaired) electrons. The van der Waals surface area contributed by atoms with Gasteiger partial charge in [0.25, 0.3) is 0 Å². The Balaban J connectivity index is 1.47. The van der Waals surface area contributed by atoms with Crippen LogP contribution in [0.25, 0.3) is 11.4 Å². The van der Waals surface area contributed by atoms with Gasteiger partial charge in [0.05, 0.1) is 5.92 Å². The summed E-state index contributed by atoms with van der Waals surface area (Å²) < 4.78 is 5.21. The Labute approximate surface area is 149 Å². The number of aliphatic carboxylic acids is 1. The molecule has 7 nitrogen and oxygen atoms in total. The van der Waals surface area contributed by atoms with Gasteiger partial charge in [-0.15, -0.1) is 0 Å². The molecule has 0 spiro atoms. The van der Waals surface area contributed by atoms with Crippen LogP contribution < -0.4 is 0 Å². The minimum absolute atomic E-state index is 0.0267. The summed E-state index contributed by atoms with van der Waals surface area (Å²) in [6.07, 6.45) is 1.94. The minimum atomic E-state index is -0.837. The average molecular weight is 364 g/mol. The number of aromatic nitrogens is 2. The third kappa shape index (κ3) is 4.36. The molecule has 0 saturated carbocycles. The van der Waals surface area contributed by atoms with Crippen LogP contribution in [0.4, 0.5) is 0 Å². The number of likely N-dealkylation sites (tertiary alicyclic amines) is 1. The summed E-state index contributed by atoms with van der Waals surface area (Å²) in [6.45, 7) is 0.812. The van der Waals surface area contributed by atoms with E-state index in [1.54, 1.807) is 17.0 Å². The van der Waals surface area contributed by atoms with Crippen LogP contribution in [0.5, 0.6) is 0 Å². The summed E-state index contributed by atoms with van der Waals surface area (Å²) >= 11 is 5.85. The molecule has 1 unspecified atom stereocenters. The van der Waals surface area contributed by atoms with Crippen molar-refractivity contribution in [3.8, 4) is 11.4 Å². The monoisotopic (exact) mass is 363 g/mol. The van der Waals surface area contributed by atoms with Gasteiger partial charge in [0.1, 0.15) is 0 Å². The molecular formula is C17H18ClN3O4. The average Bonchev–Trinajstić information content (AvgIpc) is 3.25. The van der Waals surface area contributed by atoms with Crippen molar-refractivity contribution < 1.29 is 19.2 Å². The lowest BCUT2D eigenvalue weighted by Gasteiger charge is -2.15. The molecule has 2 aromatic rings. The van der Waals surface area contributed by atoms with Gasteiger partial charge in [-0.2, -0.15) is 4.98 Å². The molecule has 0 bridgehead atoms. The SMILES string of the molecule is O=C(O)C1CCN(C(=O)CCCc2nc(-c3ccc(Cl)cc3)no2)C1. The predicted molar refractivity (Wildman–Crippen MR) is 90.0 cm³/mol. The Morgan fingerprint density at radius 2 is 2.08 bits per heavy atom. The van der Waals surface area contributed by atoms with E-state index in [1.165, 1.54) is 0 Å². The van der Waals surface area contributed by atoms with E-state index in [4.69, 9.17) is 21.2 Å². The van der Waals surface area contributed by atoms with E-state index >= 15 is 0 Å². The second-order valence-electron chi connectivity index (χ2n) is 6.04. The highest BCUT2D eigenvalue weighted by atomic mass is 35.5. The molecule has 1 aliphatic rings. The lowest BCUT2D eigenvalue weighted by atomic mass is 10.1. The van der Waals surface area contributed by atoms with Crippen molar-refractivity contribution >= 4 is 23.5 Å². The fraction of sp³-hybridized carbons (Fsp3) is 0.412. The van der Waals surface area contributed by atoms with E-state index in [2.05, 4.69) is 10.1 Å². The molecule has 0 aliphatic carbocycles. The molecule has 1 atom stereocenters. The summed E-state index contributed by atoms with van der Waals surface area (Å²) in [5.41, 5.74) is 0.812. The number of nitrogens with zero attached hydrogens (tertiary/aromatic N) is 3. The summed E-state index contributed by atoms with van der Waals surface area (Å²) in [4.78, 5) is 29.0. The van der Waals surface area contributed by atoms with Gasteiger partial charge in [0, 0.05) is 36.5 Å². The van der Waals surface area contributed by atoms with Crippen LogP contribution in [0.15, 0.2) is 28.8 Å². The molecule has 8 heteroatoms. The zero-order valence-electron chi connectivity index (χ0n) is 13.5. The van der Waals surface area contributed by atoms with Crippen LogP contribution in [0.1, 0.15) is 25.2 Å². The summed E-state index contributed by atoms with van der Waals surface area (Å²) in [5, 5.41) is 13.5. The summed E-state index contributed by atoms with van der Waals surface area (Å²) in [7, 11) is 0. The number of carbonyl (C=O) groups excluding carboxylic acids is 1. The highest BCUT2D eigenvalue weighted by molar-refractivity contribution is 6.30. The molecule has 1 aromatic carbocycles. The molecule has 3 rings (SSSR count). The molecule has 25 heavy (non-hydrogen) atoms. The van der Waals surface area contributed by atoms with Crippen LogP contribution in [-0.4, -0.2) is 45.1 Å². The number of carbonyl (C=O) groups is 2. The van der Waals surface area contributed by atoms with Gasteiger partial charge in [-0.1, -0.05) is 16.8 Å². The number of amides is 1. The third-order valence-corrected chi connectivity index (χ3v) is 4.49. The van der Waals surface area contributed by atoms with Gasteiger partial charge in [0.2, 0.25) is 17.6 Å². The van der Waals surface area contributed by atoms with Crippen molar-refractivity contribution in [2.24, 2.45) is 5.92 Å². The maximum Gasteiger partial charge on any atom is 0.308 e. The quantitative estimate of drug-likeness (QED) is 0.847. The van der Waals surface area contributed by atoms with Crippen molar-refractivity contribution in [3.63, 3.8) is 0 Å². The lowest BCUT2D eigenvalue weighted by molar-refractivity contribution is -0.141. The van der Waals surface area contributed by atoms with Gasteiger partial charge in [-0.3, -0.25) is 9.59 Å². The minimum Gasteiger partial charge on any atom is -0.481 e. The van der Waals surface area contributed by atoms with Crippen molar-refractivity contribution in [2.75, 3.05) is 13.1 Å². The van der Waals surface area contributed by atoms with E-state index in [-0.39, 0.29) is 5.91 Å². The molecular weight excluding hydrogens is 346 g/mol. The Morgan fingerprint density at radius 3 is 2.76 bits per heavy atom. The predicted octanol–water partition coefficient (Wildman–Crippen LogP) is 2.65. The molecule has 2 heterocycles. The summed E-state index contributed by atoms with van der Waals surface area (Å²) in [5.74, 6) is -0.344. The molecule has 1 amide bonds. The standard InChI is InChI=1S/C17H18ClN3O4/c18-13-6-4-11(5-7-13)16-19-14(25-20-16)2-1-3-15(22)21-9-8-12(10-21)17(23)24/h4-7,12H,1-3,8-10H2,(H,23,24). The van der Waals surface area contributed by atoms with Gasteiger partial charge in [0.15, 0.2) is 0 Å². The smallest absolute Gasteiger partial charge is 0.308 e. The van der Waals surface area contributed by atoms with E-state index in [0.717, 1.165) is 5.56 Å². The molecule has 1 aliphatic heterocycles. The fourth-order valence-corrected chi connectivity index (χ4v) is 2.94. The van der Waals surface area contributed by atoms with E-state index in [1.807, 2.05) is 12.1 Å². The van der Waals surface area contributed by atoms with Gasteiger partial charge >= 0.3 is 5.97 Å². The van der Waals surface area contributed by atoms with Gasteiger partial charge in [-0.25, -0.2) is 0 Å². The highest BCUT2D eigenvalue weighted by Crippen LogP contribution is 2.20. The maximum atomic E-state index is 12.1. The number of rotatable bonds is 6. The van der Waals surface area contributed by atoms with E-state index in [0.29, 0.717) is 55.5 Å². The Hall–Kier alpha value is -2.41. The first-order valence-electron chi connectivity index (χ1n) is 8.12. The first-order chi connectivity index (χ1) is 12.0. The number of hydrogen-bond acceptors (Lipinski definition) is 5. The normalized spacial score (nSPS) is 17.0. The lowest BCUT2D eigenvalue weighted by Crippen LogP contribution is -2.29. The van der Waals surface area contributed by atoms with Crippen molar-refractivity contribution in [1.82, 2.24) is 15.0 Å². The molecule has 132 valence electrons. The second-order valence-corrected chi connectivity index (χ2v) is 6.47. The molecule has 1 N–H and O–H groups in total. The van der Waals surface area contributed by atoms with Gasteiger partial charge in [-0.05, 0) is 37.1 Å². The number of aryl methyl sites for hydroxylation is 1. The highest BCUT2D eigenvalue weighted by Gasteiger charge is 2.30. The number of benzene rings is 1.